The van der Waals surface area contributed by atoms with Gasteiger partial charge in [0.05, 0.1) is 5.41 Å². The number of halogens is 1. The topological polar surface area (TPSA) is 41.1 Å². The molecule has 3 rings (SSSR count). The maximum absolute atomic E-state index is 12.9. The van der Waals surface area contributed by atoms with Gasteiger partial charge >= 0.3 is 0 Å². The van der Waals surface area contributed by atoms with Crippen LogP contribution in [0.15, 0.2) is 24.3 Å². The zero-order valence-corrected chi connectivity index (χ0v) is 10.9. The van der Waals surface area contributed by atoms with Gasteiger partial charge in [0.25, 0.3) is 0 Å². The molecule has 0 spiro atoms. The van der Waals surface area contributed by atoms with E-state index >= 15 is 0 Å². The lowest BCUT2D eigenvalue weighted by Crippen LogP contribution is -2.42. The Bertz CT molecular complexity index is 462. The first kappa shape index (κ1) is 12.6. The molecule has 0 radical (unpaired) electrons. The summed E-state index contributed by atoms with van der Waals surface area (Å²) in [5.74, 6) is -0.164. The molecule has 2 aliphatic rings. The second kappa shape index (κ2) is 4.93. The van der Waals surface area contributed by atoms with E-state index < -0.39 is 5.41 Å². The van der Waals surface area contributed by atoms with Gasteiger partial charge in [0.2, 0.25) is 5.91 Å². The minimum Gasteiger partial charge on any atom is -0.354 e. The standard InChI is InChI=1S/C15H19FN2O/c16-12-5-3-11(4-6-12)15(7-8-15)14(19)18-10-13-2-1-9-17-13/h3-6,13,17H,1-2,7-10H2,(H,18,19). The number of benzene rings is 1. The number of nitrogens with one attached hydrogen (secondary N) is 2. The van der Waals surface area contributed by atoms with Crippen molar-refractivity contribution in [3.05, 3.63) is 35.6 Å². The number of hydrogen-bond acceptors (Lipinski definition) is 2. The van der Waals surface area contributed by atoms with Crippen molar-refractivity contribution in [2.45, 2.75) is 37.1 Å². The van der Waals surface area contributed by atoms with Crippen LogP contribution in [0, 0.1) is 5.82 Å². The molecule has 1 aromatic carbocycles. The van der Waals surface area contributed by atoms with Crippen LogP contribution in [-0.2, 0) is 10.2 Å². The number of carbonyl (C=O) groups excluding carboxylic acids is 1. The zero-order chi connectivity index (χ0) is 13.3. The molecule has 0 aromatic heterocycles. The summed E-state index contributed by atoms with van der Waals surface area (Å²) in [7, 11) is 0. The average Bonchev–Trinajstić information content (AvgIpc) is 3.07. The highest BCUT2D eigenvalue weighted by Crippen LogP contribution is 2.48. The third-order valence-corrected chi connectivity index (χ3v) is 4.25. The van der Waals surface area contributed by atoms with E-state index in [9.17, 15) is 9.18 Å². The number of carbonyl (C=O) groups is 1. The SMILES string of the molecule is O=C(NCC1CCCN1)C1(c2ccc(F)cc2)CC1. The molecule has 1 saturated carbocycles. The summed E-state index contributed by atoms with van der Waals surface area (Å²) in [6, 6.07) is 6.74. The molecule has 3 nitrogen and oxygen atoms in total. The Morgan fingerprint density at radius 2 is 2.11 bits per heavy atom. The summed E-state index contributed by atoms with van der Waals surface area (Å²) < 4.78 is 12.9. The highest BCUT2D eigenvalue weighted by molar-refractivity contribution is 5.91. The fraction of sp³-hybridized carbons (Fsp3) is 0.533. The predicted molar refractivity (Wildman–Crippen MR) is 71.3 cm³/mol. The molecule has 1 atom stereocenters. The summed E-state index contributed by atoms with van der Waals surface area (Å²) >= 11 is 0. The van der Waals surface area contributed by atoms with Crippen LogP contribution in [0.4, 0.5) is 4.39 Å². The van der Waals surface area contributed by atoms with Crippen LogP contribution in [-0.4, -0.2) is 25.0 Å². The van der Waals surface area contributed by atoms with Crippen molar-refractivity contribution in [2.24, 2.45) is 0 Å². The molecule has 19 heavy (non-hydrogen) atoms. The van der Waals surface area contributed by atoms with Crippen molar-refractivity contribution in [1.82, 2.24) is 10.6 Å². The lowest BCUT2D eigenvalue weighted by atomic mass is 9.95. The molecule has 102 valence electrons. The van der Waals surface area contributed by atoms with Crippen LogP contribution in [0.5, 0.6) is 0 Å². The first-order chi connectivity index (χ1) is 9.21. The molecular weight excluding hydrogens is 243 g/mol. The summed E-state index contributed by atoms with van der Waals surface area (Å²) in [6.45, 7) is 1.74. The van der Waals surface area contributed by atoms with Gasteiger partial charge in [-0.3, -0.25) is 4.79 Å². The van der Waals surface area contributed by atoms with Gasteiger partial charge < -0.3 is 10.6 Å². The predicted octanol–water partition coefficient (Wildman–Crippen LogP) is 1.73. The van der Waals surface area contributed by atoms with Crippen molar-refractivity contribution >= 4 is 5.91 Å². The lowest BCUT2D eigenvalue weighted by Gasteiger charge is -2.18. The number of amides is 1. The van der Waals surface area contributed by atoms with E-state index in [2.05, 4.69) is 10.6 Å². The van der Waals surface area contributed by atoms with Gasteiger partial charge in [0, 0.05) is 12.6 Å². The molecule has 4 heteroatoms. The average molecular weight is 262 g/mol. The summed E-state index contributed by atoms with van der Waals surface area (Å²) in [5, 5.41) is 6.41. The molecular formula is C15H19FN2O. The van der Waals surface area contributed by atoms with E-state index in [0.29, 0.717) is 12.6 Å². The van der Waals surface area contributed by atoms with Crippen LogP contribution >= 0.6 is 0 Å². The quantitative estimate of drug-likeness (QED) is 0.867. The van der Waals surface area contributed by atoms with Crippen LogP contribution < -0.4 is 10.6 Å². The van der Waals surface area contributed by atoms with Gasteiger partial charge in [0.15, 0.2) is 0 Å². The fourth-order valence-corrected chi connectivity index (χ4v) is 2.86. The first-order valence-corrected chi connectivity index (χ1v) is 6.98. The second-order valence-corrected chi connectivity index (χ2v) is 5.59. The highest BCUT2D eigenvalue weighted by Gasteiger charge is 2.51. The monoisotopic (exact) mass is 262 g/mol. The molecule has 1 unspecified atom stereocenters. The fourth-order valence-electron chi connectivity index (χ4n) is 2.86. The van der Waals surface area contributed by atoms with Crippen LogP contribution in [0.3, 0.4) is 0 Å². The van der Waals surface area contributed by atoms with Crippen molar-refractivity contribution < 1.29 is 9.18 Å². The lowest BCUT2D eigenvalue weighted by molar-refractivity contribution is -0.123. The van der Waals surface area contributed by atoms with Gasteiger partial charge in [0.1, 0.15) is 5.82 Å². The third kappa shape index (κ3) is 2.50. The second-order valence-electron chi connectivity index (χ2n) is 5.59. The van der Waals surface area contributed by atoms with Crippen molar-refractivity contribution in [1.29, 1.82) is 0 Å². The van der Waals surface area contributed by atoms with Crippen molar-refractivity contribution in [2.75, 3.05) is 13.1 Å². The Morgan fingerprint density at radius 1 is 1.37 bits per heavy atom. The molecule has 2 fully saturated rings. The van der Waals surface area contributed by atoms with E-state index in [1.807, 2.05) is 0 Å². The van der Waals surface area contributed by atoms with Gasteiger partial charge in [-0.05, 0) is 49.9 Å². The van der Waals surface area contributed by atoms with Gasteiger partial charge in [-0.1, -0.05) is 12.1 Å². The van der Waals surface area contributed by atoms with E-state index in [0.717, 1.165) is 31.4 Å². The molecule has 1 saturated heterocycles. The van der Waals surface area contributed by atoms with E-state index in [-0.39, 0.29) is 11.7 Å². The minimum atomic E-state index is -0.397. The van der Waals surface area contributed by atoms with Crippen LogP contribution in [0.25, 0.3) is 0 Å². The number of rotatable bonds is 4. The van der Waals surface area contributed by atoms with Gasteiger partial charge in [-0.15, -0.1) is 0 Å². The minimum absolute atomic E-state index is 0.0906. The Morgan fingerprint density at radius 3 is 2.68 bits per heavy atom. The van der Waals surface area contributed by atoms with E-state index in [1.165, 1.54) is 18.6 Å². The molecule has 1 aliphatic carbocycles. The van der Waals surface area contributed by atoms with Gasteiger partial charge in [-0.25, -0.2) is 4.39 Å². The Hall–Kier alpha value is -1.42. The summed E-state index contributed by atoms with van der Waals surface area (Å²) in [5.41, 5.74) is 0.539. The molecule has 1 aromatic rings. The summed E-state index contributed by atoms with van der Waals surface area (Å²) in [4.78, 5) is 12.3. The normalized spacial score (nSPS) is 24.2. The molecule has 1 amide bonds. The smallest absolute Gasteiger partial charge is 0.230 e. The highest BCUT2D eigenvalue weighted by atomic mass is 19.1. The number of hydrogen-bond donors (Lipinski definition) is 2. The van der Waals surface area contributed by atoms with Crippen molar-refractivity contribution in [3.63, 3.8) is 0 Å². The Kier molecular flexibility index (Phi) is 3.27. The molecule has 1 heterocycles. The maximum Gasteiger partial charge on any atom is 0.230 e. The van der Waals surface area contributed by atoms with Gasteiger partial charge in [-0.2, -0.15) is 0 Å². The van der Waals surface area contributed by atoms with E-state index in [4.69, 9.17) is 0 Å². The molecule has 1 aliphatic heterocycles. The Balaban J connectivity index is 1.63. The Labute approximate surface area is 112 Å². The third-order valence-electron chi connectivity index (χ3n) is 4.25. The first-order valence-electron chi connectivity index (χ1n) is 6.98. The molecule has 0 bridgehead atoms. The van der Waals surface area contributed by atoms with E-state index in [1.54, 1.807) is 12.1 Å². The zero-order valence-electron chi connectivity index (χ0n) is 10.9. The largest absolute Gasteiger partial charge is 0.354 e. The maximum atomic E-state index is 12.9. The molecule has 2 N–H and O–H groups in total. The van der Waals surface area contributed by atoms with Crippen molar-refractivity contribution in [3.8, 4) is 0 Å². The van der Waals surface area contributed by atoms with Crippen LogP contribution in [0.2, 0.25) is 0 Å². The van der Waals surface area contributed by atoms with Crippen LogP contribution in [0.1, 0.15) is 31.2 Å². The summed E-state index contributed by atoms with van der Waals surface area (Å²) in [6.07, 6.45) is 4.04.